The fourth-order valence-corrected chi connectivity index (χ4v) is 2.51. The Kier molecular flexibility index (Phi) is 7.68. The molecule has 1 aromatic rings. The van der Waals surface area contributed by atoms with Crippen LogP contribution in [0.2, 0.25) is 0 Å². The number of phosphoric ester groups is 1. The quantitative estimate of drug-likeness (QED) is 0.402. The van der Waals surface area contributed by atoms with Crippen molar-refractivity contribution in [3.8, 4) is 0 Å². The Balaban J connectivity index is 3.59. The molecule has 1 rings (SSSR count). The van der Waals surface area contributed by atoms with E-state index in [0.29, 0.717) is 5.23 Å². The van der Waals surface area contributed by atoms with E-state index in [-0.39, 0.29) is 18.8 Å². The highest BCUT2D eigenvalue weighted by molar-refractivity contribution is 7.46. The Morgan fingerprint density at radius 1 is 1.12 bits per heavy atom. The summed E-state index contributed by atoms with van der Waals surface area (Å²) >= 11 is 0. The van der Waals surface area contributed by atoms with Gasteiger partial charge in [0.05, 0.1) is 19.6 Å². The summed E-state index contributed by atoms with van der Waals surface area (Å²) in [5.74, 6) is -2.95. The number of hydrogen-bond acceptors (Lipinski definition) is 7. The lowest BCUT2D eigenvalue weighted by Gasteiger charge is -2.38. The normalized spacial score (nSPS) is 14.1. The molecule has 25 heavy (non-hydrogen) atoms. The number of hydrogen-bond donors (Lipinski definition) is 3. The minimum atomic E-state index is -5.24. The minimum absolute atomic E-state index is 0.00259. The van der Waals surface area contributed by atoms with Crippen molar-refractivity contribution in [2.45, 2.75) is 25.8 Å². The summed E-state index contributed by atoms with van der Waals surface area (Å²) in [6, 6.07) is 7.46. The molecule has 1 aromatic carbocycles. The highest BCUT2D eigenvalue weighted by Crippen LogP contribution is 2.43. The monoisotopic (exact) mass is 377 g/mol. The van der Waals surface area contributed by atoms with E-state index in [2.05, 4.69) is 4.52 Å². The third-order valence-corrected chi connectivity index (χ3v) is 3.41. The average molecular weight is 377 g/mol. The summed E-state index contributed by atoms with van der Waals surface area (Å²) in [7, 11) is -5.24. The first kappa shape index (κ1) is 21.2. The first-order chi connectivity index (χ1) is 11.7. The first-order valence-corrected chi connectivity index (χ1v) is 8.83. The largest absolute Gasteiger partial charge is 0.527 e. The fraction of sp³-hybridized carbons (Fsp3) is 0.429. The zero-order chi connectivity index (χ0) is 19.1. The molecule has 0 bridgehead atoms. The second kappa shape index (κ2) is 9.04. The summed E-state index contributed by atoms with van der Waals surface area (Å²) in [4.78, 5) is 52.5. The van der Waals surface area contributed by atoms with E-state index in [0.717, 1.165) is 0 Å². The number of hydroxylamine groups is 2. The molecule has 1 atom stereocenters. The van der Waals surface area contributed by atoms with E-state index in [1.165, 1.54) is 24.3 Å². The number of carbonyl (C=O) groups is 2. The van der Waals surface area contributed by atoms with Crippen LogP contribution in [0.5, 0.6) is 0 Å². The molecule has 10 nitrogen and oxygen atoms in total. The van der Waals surface area contributed by atoms with Gasteiger partial charge in [0, 0.05) is 0 Å². The summed E-state index contributed by atoms with van der Waals surface area (Å²) in [5, 5.41) is 9.92. The van der Waals surface area contributed by atoms with Gasteiger partial charge in [0.1, 0.15) is 0 Å². The van der Waals surface area contributed by atoms with Crippen LogP contribution in [-0.2, 0) is 33.9 Å². The Hall–Kier alpha value is -1.81. The number of rotatable bonds is 10. The molecule has 0 heterocycles. The highest BCUT2D eigenvalue weighted by atomic mass is 31.2. The van der Waals surface area contributed by atoms with Crippen molar-refractivity contribution in [3.63, 3.8) is 0 Å². The lowest BCUT2D eigenvalue weighted by atomic mass is 9.87. The van der Waals surface area contributed by atoms with Gasteiger partial charge in [-0.1, -0.05) is 30.3 Å². The van der Waals surface area contributed by atoms with Crippen molar-refractivity contribution in [2.24, 2.45) is 0 Å². The van der Waals surface area contributed by atoms with Crippen LogP contribution < -0.4 is 0 Å². The molecule has 0 aromatic heterocycles. The van der Waals surface area contributed by atoms with Crippen LogP contribution in [0.4, 0.5) is 0 Å². The molecular weight excluding hydrogens is 357 g/mol. The van der Waals surface area contributed by atoms with E-state index in [4.69, 9.17) is 19.5 Å². The molecule has 11 heteroatoms. The lowest BCUT2D eigenvalue weighted by molar-refractivity contribution is -0.408. The number of aliphatic carboxylic acids is 1. The van der Waals surface area contributed by atoms with Gasteiger partial charge in [-0.05, 0) is 24.6 Å². The third-order valence-electron chi connectivity index (χ3n) is 3.00. The van der Waals surface area contributed by atoms with Crippen LogP contribution in [0.25, 0.3) is 0 Å². The zero-order valence-electron chi connectivity index (χ0n) is 13.7. The van der Waals surface area contributed by atoms with E-state index in [1.807, 2.05) is 0 Å². The van der Waals surface area contributed by atoms with E-state index >= 15 is 0 Å². The summed E-state index contributed by atoms with van der Waals surface area (Å²) < 4.78 is 15.3. The van der Waals surface area contributed by atoms with Crippen molar-refractivity contribution in [1.29, 1.82) is 0 Å². The maximum Gasteiger partial charge on any atom is 0.527 e. The van der Waals surface area contributed by atoms with Crippen molar-refractivity contribution >= 4 is 19.8 Å². The van der Waals surface area contributed by atoms with Crippen molar-refractivity contribution in [1.82, 2.24) is 5.23 Å². The van der Waals surface area contributed by atoms with E-state index in [1.54, 1.807) is 19.9 Å². The van der Waals surface area contributed by atoms with Crippen LogP contribution in [0.1, 0.15) is 25.8 Å². The predicted octanol–water partition coefficient (Wildman–Crippen LogP) is 1.20. The summed E-state index contributed by atoms with van der Waals surface area (Å²) in [5.41, 5.74) is -2.20. The van der Waals surface area contributed by atoms with Gasteiger partial charge in [0.2, 0.25) is 5.54 Å². The smallest absolute Gasteiger partial charge is 0.481 e. The van der Waals surface area contributed by atoms with Crippen LogP contribution in [-0.4, -0.2) is 45.3 Å². The number of carboxylic acid groups (broad SMARTS) is 1. The summed E-state index contributed by atoms with van der Waals surface area (Å²) in [6.07, 6.45) is -0.921. The van der Waals surface area contributed by atoms with Crippen LogP contribution >= 0.6 is 7.82 Å². The van der Waals surface area contributed by atoms with Gasteiger partial charge in [-0.25, -0.2) is 9.36 Å². The number of phosphoric acid groups is 1. The fourth-order valence-electron chi connectivity index (χ4n) is 2.14. The predicted molar refractivity (Wildman–Crippen MR) is 83.6 cm³/mol. The molecule has 0 aliphatic rings. The average Bonchev–Trinajstić information content (AvgIpc) is 2.51. The minimum Gasteiger partial charge on any atom is -0.481 e. The first-order valence-electron chi connectivity index (χ1n) is 7.30. The van der Waals surface area contributed by atoms with Crippen LogP contribution in [0.15, 0.2) is 30.3 Å². The van der Waals surface area contributed by atoms with Crippen molar-refractivity contribution < 1.29 is 43.2 Å². The SMILES string of the molecule is CCON(OCC)[C@@](CC(=O)O)(C(=O)OP(=O)(O)O)c1ccccc1. The second-order valence-electron chi connectivity index (χ2n) is 4.76. The van der Waals surface area contributed by atoms with Crippen molar-refractivity contribution in [2.75, 3.05) is 13.2 Å². The third kappa shape index (κ3) is 5.60. The van der Waals surface area contributed by atoms with Gasteiger partial charge in [-0.15, -0.1) is 0 Å². The number of carbonyl (C=O) groups excluding carboxylic acids is 1. The molecule has 140 valence electrons. The van der Waals surface area contributed by atoms with E-state index in [9.17, 15) is 19.3 Å². The Morgan fingerprint density at radius 3 is 2.04 bits per heavy atom. The Morgan fingerprint density at radius 2 is 1.64 bits per heavy atom. The molecule has 0 saturated heterocycles. The highest BCUT2D eigenvalue weighted by Gasteiger charge is 2.53. The topological polar surface area (TPSA) is 143 Å². The Labute approximate surface area is 144 Å². The second-order valence-corrected chi connectivity index (χ2v) is 5.92. The molecule has 0 spiro atoms. The molecule has 0 amide bonds. The van der Waals surface area contributed by atoms with Gasteiger partial charge < -0.3 is 9.63 Å². The molecule has 0 radical (unpaired) electrons. The maximum atomic E-state index is 12.6. The molecule has 3 N–H and O–H groups in total. The van der Waals surface area contributed by atoms with Gasteiger partial charge >= 0.3 is 19.8 Å². The zero-order valence-corrected chi connectivity index (χ0v) is 14.6. The van der Waals surface area contributed by atoms with Crippen molar-refractivity contribution in [3.05, 3.63) is 35.9 Å². The van der Waals surface area contributed by atoms with Gasteiger partial charge in [0.15, 0.2) is 0 Å². The van der Waals surface area contributed by atoms with E-state index < -0.39 is 31.7 Å². The number of nitrogens with zero attached hydrogens (tertiary/aromatic N) is 1. The number of carboxylic acids is 1. The van der Waals surface area contributed by atoms with Gasteiger partial charge in [0.25, 0.3) is 0 Å². The molecule has 0 unspecified atom stereocenters. The molecule has 0 fully saturated rings. The maximum absolute atomic E-state index is 12.6. The van der Waals surface area contributed by atoms with Gasteiger partial charge in [-0.2, -0.15) is 0 Å². The molecule has 0 aliphatic heterocycles. The number of benzene rings is 1. The molecule has 0 aliphatic carbocycles. The standard InChI is InChI=1S/C14H20NO9P/c1-3-22-15(23-4-2)14(10-12(16)17,11-8-6-5-7-9-11)13(18)24-25(19,20)21/h5-9H,3-4,10H2,1-2H3,(H,16,17)(H2,19,20,21)/t14-/m1/s1. The Bertz CT molecular complexity index is 626. The molecule has 0 saturated carbocycles. The summed E-state index contributed by atoms with van der Waals surface area (Å²) in [6.45, 7) is 3.13. The van der Waals surface area contributed by atoms with Crippen LogP contribution in [0, 0.1) is 0 Å². The van der Waals surface area contributed by atoms with Crippen LogP contribution in [0.3, 0.4) is 0 Å². The van der Waals surface area contributed by atoms with Gasteiger partial charge in [-0.3, -0.25) is 24.3 Å². The molecular formula is C14H20NO9P. The lowest BCUT2D eigenvalue weighted by Crippen LogP contribution is -2.53.